The Balaban J connectivity index is 2.22. The minimum atomic E-state index is -0.596. The van der Waals surface area contributed by atoms with Crippen molar-refractivity contribution in [2.45, 2.75) is 65.6 Å². The number of ether oxygens (including phenoxy) is 1. The van der Waals surface area contributed by atoms with Crippen molar-refractivity contribution < 1.29 is 14.3 Å². The third kappa shape index (κ3) is 7.52. The molecule has 0 aliphatic rings. The molecule has 5 nitrogen and oxygen atoms in total. The van der Waals surface area contributed by atoms with Crippen LogP contribution in [0.5, 0.6) is 5.75 Å². The fraction of sp³-hybridized carbons (Fsp3) is 0.440. The summed E-state index contributed by atoms with van der Waals surface area (Å²) in [5.74, 6) is 0.189. The van der Waals surface area contributed by atoms with Gasteiger partial charge in [0.25, 0.3) is 5.91 Å². The van der Waals surface area contributed by atoms with E-state index in [4.69, 9.17) is 16.3 Å². The smallest absolute Gasteiger partial charge is 0.261 e. The predicted molar refractivity (Wildman–Crippen MR) is 133 cm³/mol. The van der Waals surface area contributed by atoms with Crippen molar-refractivity contribution in [2.24, 2.45) is 0 Å². The van der Waals surface area contributed by atoms with Gasteiger partial charge in [0.15, 0.2) is 6.61 Å². The second kappa shape index (κ2) is 12.9. The molecule has 0 heterocycles. The third-order valence-corrected chi connectivity index (χ3v) is 6.28. The van der Waals surface area contributed by atoms with Crippen molar-refractivity contribution >= 4 is 39.3 Å². The second-order valence-corrected chi connectivity index (χ2v) is 9.09. The van der Waals surface area contributed by atoms with E-state index < -0.39 is 6.04 Å². The average molecular weight is 524 g/mol. The Hall–Kier alpha value is -2.05. The van der Waals surface area contributed by atoms with Crippen molar-refractivity contribution in [1.82, 2.24) is 10.2 Å². The van der Waals surface area contributed by atoms with E-state index in [1.807, 2.05) is 51.1 Å². The summed E-state index contributed by atoms with van der Waals surface area (Å²) in [5, 5.41) is 3.63. The van der Waals surface area contributed by atoms with E-state index >= 15 is 0 Å². The van der Waals surface area contributed by atoms with Crippen molar-refractivity contribution in [1.29, 1.82) is 0 Å². The molecule has 2 atom stereocenters. The Labute approximate surface area is 204 Å². The van der Waals surface area contributed by atoms with Crippen molar-refractivity contribution in [2.75, 3.05) is 6.61 Å². The molecule has 0 aromatic heterocycles. The van der Waals surface area contributed by atoms with Crippen LogP contribution in [0.1, 0.15) is 51.7 Å². The van der Waals surface area contributed by atoms with Crippen LogP contribution in [-0.4, -0.2) is 35.4 Å². The van der Waals surface area contributed by atoms with Crippen LogP contribution in [0.4, 0.5) is 0 Å². The van der Waals surface area contributed by atoms with Gasteiger partial charge in [-0.15, -0.1) is 0 Å². The van der Waals surface area contributed by atoms with E-state index in [2.05, 4.69) is 28.2 Å². The Morgan fingerprint density at radius 1 is 1.06 bits per heavy atom. The maximum absolute atomic E-state index is 13.3. The number of carbonyl (C=O) groups is 2. The molecule has 174 valence electrons. The zero-order valence-electron chi connectivity index (χ0n) is 19.2. The summed E-state index contributed by atoms with van der Waals surface area (Å²) in [7, 11) is 0. The molecule has 0 unspecified atom stereocenters. The van der Waals surface area contributed by atoms with Gasteiger partial charge in [-0.05, 0) is 77.5 Å². The number of nitrogens with one attached hydrogen (secondary N) is 1. The predicted octanol–water partition coefficient (Wildman–Crippen LogP) is 5.77. The lowest BCUT2D eigenvalue weighted by Gasteiger charge is -2.31. The van der Waals surface area contributed by atoms with Crippen LogP contribution in [-0.2, 0) is 22.6 Å². The molecule has 0 saturated carbocycles. The monoisotopic (exact) mass is 522 g/mol. The van der Waals surface area contributed by atoms with Gasteiger partial charge in [0.05, 0.1) is 4.47 Å². The number of amides is 2. The summed E-state index contributed by atoms with van der Waals surface area (Å²) in [5.41, 5.74) is 2.07. The topological polar surface area (TPSA) is 58.6 Å². The van der Waals surface area contributed by atoms with E-state index in [0.29, 0.717) is 23.7 Å². The van der Waals surface area contributed by atoms with Gasteiger partial charge in [-0.2, -0.15) is 0 Å². The van der Waals surface area contributed by atoms with Gasteiger partial charge in [0, 0.05) is 17.6 Å². The summed E-state index contributed by atoms with van der Waals surface area (Å²) in [6.07, 6.45) is 2.23. The number of rotatable bonds is 11. The number of hydrogen-bond acceptors (Lipinski definition) is 3. The molecular formula is C25H32BrClN2O3. The lowest BCUT2D eigenvalue weighted by atomic mass is 10.1. The van der Waals surface area contributed by atoms with Gasteiger partial charge in [-0.1, -0.05) is 50.6 Å². The molecule has 0 aliphatic heterocycles. The number of halogens is 2. The van der Waals surface area contributed by atoms with Crippen LogP contribution in [0.2, 0.25) is 5.02 Å². The first-order chi connectivity index (χ1) is 15.3. The van der Waals surface area contributed by atoms with Crippen LogP contribution in [0, 0.1) is 0 Å². The summed E-state index contributed by atoms with van der Waals surface area (Å²) in [6.45, 7) is 8.08. The standard InChI is InChI=1S/C25H32BrClN2O3/c1-5-17(4)28-25(31)22(7-3)29(15-19-8-11-20(27)12-9-19)24(30)16-32-23-13-10-18(6-2)14-21(23)26/h8-14,17,22H,5-7,15-16H2,1-4H3,(H,28,31)/t17-,22-/m0/s1. The SMILES string of the molecule is CCc1ccc(OCC(=O)N(Cc2ccc(Cl)cc2)[C@@H](CC)C(=O)N[C@@H](C)CC)c(Br)c1. The molecule has 2 aromatic rings. The normalized spacial score (nSPS) is 12.7. The van der Waals surface area contributed by atoms with Crippen LogP contribution >= 0.6 is 27.5 Å². The van der Waals surface area contributed by atoms with Gasteiger partial charge in [0.2, 0.25) is 5.91 Å². The summed E-state index contributed by atoms with van der Waals surface area (Å²) in [4.78, 5) is 27.8. The van der Waals surface area contributed by atoms with E-state index in [1.165, 1.54) is 5.56 Å². The molecule has 0 saturated heterocycles. The Morgan fingerprint density at radius 2 is 1.72 bits per heavy atom. The first kappa shape index (κ1) is 26.2. The molecule has 7 heteroatoms. The Morgan fingerprint density at radius 3 is 2.28 bits per heavy atom. The summed E-state index contributed by atoms with van der Waals surface area (Å²) >= 11 is 9.52. The van der Waals surface area contributed by atoms with E-state index in [1.54, 1.807) is 17.0 Å². The van der Waals surface area contributed by atoms with Crippen LogP contribution in [0.15, 0.2) is 46.9 Å². The van der Waals surface area contributed by atoms with Crippen molar-refractivity contribution in [3.05, 3.63) is 63.1 Å². The zero-order chi connectivity index (χ0) is 23.7. The number of carbonyl (C=O) groups excluding carboxylic acids is 2. The second-order valence-electron chi connectivity index (χ2n) is 7.80. The van der Waals surface area contributed by atoms with Crippen LogP contribution in [0.3, 0.4) is 0 Å². The quantitative estimate of drug-likeness (QED) is 0.407. The minimum absolute atomic E-state index is 0.0355. The molecule has 2 amide bonds. The Bertz CT molecular complexity index is 905. The summed E-state index contributed by atoms with van der Waals surface area (Å²) in [6, 6.07) is 12.5. The summed E-state index contributed by atoms with van der Waals surface area (Å²) < 4.78 is 6.62. The van der Waals surface area contributed by atoms with Gasteiger partial charge >= 0.3 is 0 Å². The Kier molecular flexibility index (Phi) is 10.5. The average Bonchev–Trinajstić information content (AvgIpc) is 2.78. The van der Waals surface area contributed by atoms with Crippen LogP contribution < -0.4 is 10.1 Å². The maximum Gasteiger partial charge on any atom is 0.261 e. The first-order valence-electron chi connectivity index (χ1n) is 11.0. The van der Waals surface area contributed by atoms with E-state index in [-0.39, 0.29) is 24.5 Å². The molecule has 2 rings (SSSR count). The molecule has 0 spiro atoms. The number of aryl methyl sites for hydroxylation is 1. The van der Waals surface area contributed by atoms with Gasteiger partial charge in [-0.3, -0.25) is 9.59 Å². The largest absolute Gasteiger partial charge is 0.483 e. The number of nitrogens with zero attached hydrogens (tertiary/aromatic N) is 1. The van der Waals surface area contributed by atoms with Crippen molar-refractivity contribution in [3.63, 3.8) is 0 Å². The van der Waals surface area contributed by atoms with Gasteiger partial charge in [-0.25, -0.2) is 0 Å². The highest BCUT2D eigenvalue weighted by Crippen LogP contribution is 2.26. The molecule has 0 radical (unpaired) electrons. The fourth-order valence-electron chi connectivity index (χ4n) is 3.25. The molecular weight excluding hydrogens is 492 g/mol. The molecule has 1 N–H and O–H groups in total. The lowest BCUT2D eigenvalue weighted by molar-refractivity contribution is -0.143. The highest BCUT2D eigenvalue weighted by Gasteiger charge is 2.29. The molecule has 0 fully saturated rings. The molecule has 0 bridgehead atoms. The number of benzene rings is 2. The van der Waals surface area contributed by atoms with E-state index in [0.717, 1.165) is 22.9 Å². The highest BCUT2D eigenvalue weighted by atomic mass is 79.9. The van der Waals surface area contributed by atoms with E-state index in [9.17, 15) is 9.59 Å². The highest BCUT2D eigenvalue weighted by molar-refractivity contribution is 9.10. The molecule has 0 aliphatic carbocycles. The maximum atomic E-state index is 13.3. The fourth-order valence-corrected chi connectivity index (χ4v) is 3.92. The lowest BCUT2D eigenvalue weighted by Crippen LogP contribution is -2.51. The third-order valence-electron chi connectivity index (χ3n) is 5.41. The number of hydrogen-bond donors (Lipinski definition) is 1. The van der Waals surface area contributed by atoms with Gasteiger partial charge in [0.1, 0.15) is 11.8 Å². The van der Waals surface area contributed by atoms with Crippen molar-refractivity contribution in [3.8, 4) is 5.75 Å². The molecule has 2 aromatic carbocycles. The minimum Gasteiger partial charge on any atom is -0.483 e. The zero-order valence-corrected chi connectivity index (χ0v) is 21.5. The van der Waals surface area contributed by atoms with Crippen LogP contribution in [0.25, 0.3) is 0 Å². The van der Waals surface area contributed by atoms with Gasteiger partial charge < -0.3 is 15.0 Å². The molecule has 32 heavy (non-hydrogen) atoms. The first-order valence-corrected chi connectivity index (χ1v) is 12.2.